The number of anilines is 2. The summed E-state index contributed by atoms with van der Waals surface area (Å²) >= 11 is 0. The standard InChI is InChI=1S/C19H27N3O2Si/c1-19(2,3)25(5,6)24-16-8-9-17(14(11-16)12-20)21-15-7-10-18(23)22(4)13-15/h7-13,20-21H,1-6H3. The van der Waals surface area contributed by atoms with E-state index in [1.54, 1.807) is 19.3 Å². The van der Waals surface area contributed by atoms with E-state index >= 15 is 0 Å². The second-order valence-corrected chi connectivity index (χ2v) is 12.5. The molecule has 1 aromatic heterocycles. The van der Waals surface area contributed by atoms with Gasteiger partial charge in [0.25, 0.3) is 0 Å². The summed E-state index contributed by atoms with van der Waals surface area (Å²) in [5.41, 5.74) is 2.28. The normalized spacial score (nSPS) is 11.9. The molecule has 134 valence electrons. The van der Waals surface area contributed by atoms with Crippen molar-refractivity contribution in [2.24, 2.45) is 7.05 Å². The average molecular weight is 358 g/mol. The highest BCUT2D eigenvalue weighted by Gasteiger charge is 2.39. The minimum Gasteiger partial charge on any atom is -0.543 e. The third kappa shape index (κ3) is 4.39. The molecule has 0 fully saturated rings. The number of pyridine rings is 1. The van der Waals surface area contributed by atoms with E-state index in [0.29, 0.717) is 0 Å². The van der Waals surface area contributed by atoms with Crippen molar-refractivity contribution < 1.29 is 4.43 Å². The van der Waals surface area contributed by atoms with Crippen LogP contribution in [0, 0.1) is 5.41 Å². The molecule has 1 aromatic carbocycles. The second kappa shape index (κ2) is 6.88. The summed E-state index contributed by atoms with van der Waals surface area (Å²) in [7, 11) is -0.211. The molecule has 0 spiro atoms. The molecule has 25 heavy (non-hydrogen) atoms. The van der Waals surface area contributed by atoms with E-state index in [1.165, 1.54) is 16.8 Å². The summed E-state index contributed by atoms with van der Waals surface area (Å²) in [4.78, 5) is 11.5. The first kappa shape index (κ1) is 19.0. The largest absolute Gasteiger partial charge is 0.543 e. The average Bonchev–Trinajstić information content (AvgIpc) is 2.51. The van der Waals surface area contributed by atoms with Crippen LogP contribution in [0.15, 0.2) is 41.3 Å². The van der Waals surface area contributed by atoms with Crippen molar-refractivity contribution in [2.75, 3.05) is 5.32 Å². The van der Waals surface area contributed by atoms with E-state index in [4.69, 9.17) is 9.84 Å². The van der Waals surface area contributed by atoms with E-state index in [0.717, 1.165) is 22.7 Å². The summed E-state index contributed by atoms with van der Waals surface area (Å²) in [5, 5.41) is 11.1. The van der Waals surface area contributed by atoms with Gasteiger partial charge in [0.15, 0.2) is 0 Å². The van der Waals surface area contributed by atoms with Gasteiger partial charge in [-0.2, -0.15) is 0 Å². The second-order valence-electron chi connectivity index (χ2n) is 7.75. The lowest BCUT2D eigenvalue weighted by molar-refractivity contribution is 0.492. The fourth-order valence-corrected chi connectivity index (χ4v) is 3.13. The molecule has 6 heteroatoms. The number of aromatic nitrogens is 1. The molecule has 0 saturated carbocycles. The molecule has 0 atom stereocenters. The SMILES string of the molecule is Cn1cc(Nc2ccc(O[Si](C)(C)C(C)(C)C)cc2C=N)ccc1=O. The van der Waals surface area contributed by atoms with Crippen molar-refractivity contribution in [1.29, 1.82) is 5.41 Å². The zero-order chi connectivity index (χ0) is 18.8. The zero-order valence-electron chi connectivity index (χ0n) is 15.8. The van der Waals surface area contributed by atoms with Gasteiger partial charge in [0, 0.05) is 36.8 Å². The van der Waals surface area contributed by atoms with Gasteiger partial charge in [-0.05, 0) is 42.4 Å². The van der Waals surface area contributed by atoms with E-state index in [1.807, 2.05) is 18.2 Å². The maximum absolute atomic E-state index is 11.5. The highest BCUT2D eigenvalue weighted by atomic mass is 28.4. The molecule has 0 aliphatic rings. The van der Waals surface area contributed by atoms with Crippen LogP contribution < -0.4 is 15.3 Å². The number of benzene rings is 1. The molecule has 0 aliphatic heterocycles. The van der Waals surface area contributed by atoms with Crippen molar-refractivity contribution >= 4 is 25.9 Å². The smallest absolute Gasteiger partial charge is 0.250 e. The summed E-state index contributed by atoms with van der Waals surface area (Å²) < 4.78 is 7.83. The van der Waals surface area contributed by atoms with E-state index in [9.17, 15) is 4.79 Å². The molecule has 2 aromatic rings. The van der Waals surface area contributed by atoms with Gasteiger partial charge in [0.1, 0.15) is 5.75 Å². The van der Waals surface area contributed by atoms with Crippen LogP contribution in [0.5, 0.6) is 5.75 Å². The summed E-state index contributed by atoms with van der Waals surface area (Å²) in [5.74, 6) is 0.788. The maximum atomic E-state index is 11.5. The maximum Gasteiger partial charge on any atom is 0.250 e. The predicted molar refractivity (Wildman–Crippen MR) is 107 cm³/mol. The van der Waals surface area contributed by atoms with Crippen LogP contribution in [-0.2, 0) is 7.05 Å². The fraction of sp³-hybridized carbons (Fsp3) is 0.368. The molecule has 0 amide bonds. The molecule has 0 radical (unpaired) electrons. The van der Waals surface area contributed by atoms with E-state index in [-0.39, 0.29) is 10.6 Å². The lowest BCUT2D eigenvalue weighted by Crippen LogP contribution is -2.43. The van der Waals surface area contributed by atoms with Gasteiger partial charge in [0.2, 0.25) is 13.9 Å². The first-order valence-corrected chi connectivity index (χ1v) is 11.2. The number of hydrogen-bond acceptors (Lipinski definition) is 4. The number of nitrogens with one attached hydrogen (secondary N) is 2. The quantitative estimate of drug-likeness (QED) is 0.611. The Morgan fingerprint density at radius 1 is 1.20 bits per heavy atom. The van der Waals surface area contributed by atoms with Crippen LogP contribution in [-0.4, -0.2) is 19.1 Å². The Morgan fingerprint density at radius 2 is 1.88 bits per heavy atom. The minimum absolute atomic E-state index is 0.0593. The topological polar surface area (TPSA) is 67.1 Å². The Kier molecular flexibility index (Phi) is 5.22. The van der Waals surface area contributed by atoms with E-state index < -0.39 is 8.32 Å². The number of aryl methyl sites for hydroxylation is 1. The molecular formula is C19H27N3O2Si. The number of hydrogen-bond donors (Lipinski definition) is 2. The van der Waals surface area contributed by atoms with Gasteiger partial charge in [-0.1, -0.05) is 20.8 Å². The van der Waals surface area contributed by atoms with Crippen molar-refractivity contribution in [3.05, 3.63) is 52.4 Å². The number of rotatable bonds is 5. The van der Waals surface area contributed by atoms with Crippen molar-refractivity contribution in [1.82, 2.24) is 4.57 Å². The van der Waals surface area contributed by atoms with Gasteiger partial charge in [-0.25, -0.2) is 0 Å². The Morgan fingerprint density at radius 3 is 2.44 bits per heavy atom. The lowest BCUT2D eigenvalue weighted by atomic mass is 10.1. The van der Waals surface area contributed by atoms with Gasteiger partial charge >= 0.3 is 0 Å². The van der Waals surface area contributed by atoms with E-state index in [2.05, 4.69) is 39.2 Å². The van der Waals surface area contributed by atoms with Gasteiger partial charge < -0.3 is 19.7 Å². The van der Waals surface area contributed by atoms with Gasteiger partial charge in [-0.15, -0.1) is 0 Å². The first-order valence-electron chi connectivity index (χ1n) is 8.31. The fourth-order valence-electron chi connectivity index (χ4n) is 2.11. The Balaban J connectivity index is 2.29. The van der Waals surface area contributed by atoms with Crippen molar-refractivity contribution in [3.63, 3.8) is 0 Å². The predicted octanol–water partition coefficient (Wildman–Crippen LogP) is 4.51. The van der Waals surface area contributed by atoms with Crippen LogP contribution in [0.1, 0.15) is 26.3 Å². The Hall–Kier alpha value is -2.34. The molecule has 2 N–H and O–H groups in total. The van der Waals surface area contributed by atoms with Crippen molar-refractivity contribution in [2.45, 2.75) is 38.9 Å². The Labute approximate surface area is 150 Å². The zero-order valence-corrected chi connectivity index (χ0v) is 16.8. The molecule has 0 bridgehead atoms. The van der Waals surface area contributed by atoms with Crippen LogP contribution in [0.25, 0.3) is 0 Å². The third-order valence-electron chi connectivity index (χ3n) is 4.72. The summed E-state index contributed by atoms with van der Waals surface area (Å²) in [6.07, 6.45) is 3.04. The molecule has 0 unspecified atom stereocenters. The highest BCUT2D eigenvalue weighted by Crippen LogP contribution is 2.38. The van der Waals surface area contributed by atoms with Crippen LogP contribution in [0.3, 0.4) is 0 Å². The van der Waals surface area contributed by atoms with Crippen LogP contribution in [0.2, 0.25) is 18.1 Å². The van der Waals surface area contributed by atoms with Gasteiger partial charge in [-0.3, -0.25) is 4.79 Å². The molecule has 2 rings (SSSR count). The lowest BCUT2D eigenvalue weighted by Gasteiger charge is -2.36. The molecule has 0 aliphatic carbocycles. The third-order valence-corrected chi connectivity index (χ3v) is 9.08. The monoisotopic (exact) mass is 357 g/mol. The summed E-state index contributed by atoms with van der Waals surface area (Å²) in [6.45, 7) is 11.0. The minimum atomic E-state index is -1.92. The number of nitrogens with zero attached hydrogens (tertiary/aromatic N) is 1. The first-order chi connectivity index (χ1) is 11.5. The molecule has 0 saturated heterocycles. The van der Waals surface area contributed by atoms with Crippen molar-refractivity contribution in [3.8, 4) is 5.75 Å². The van der Waals surface area contributed by atoms with Crippen LogP contribution in [0.4, 0.5) is 11.4 Å². The van der Waals surface area contributed by atoms with Gasteiger partial charge in [0.05, 0.1) is 5.69 Å². The highest BCUT2D eigenvalue weighted by molar-refractivity contribution is 6.74. The van der Waals surface area contributed by atoms with Crippen LogP contribution >= 0.6 is 0 Å². The summed E-state index contributed by atoms with van der Waals surface area (Å²) in [6, 6.07) is 8.97. The molecule has 5 nitrogen and oxygen atoms in total. The molecular weight excluding hydrogens is 330 g/mol. The molecule has 1 heterocycles. The Bertz CT molecular complexity index is 835.